The molecule has 2 rings (SSSR count). The molecule has 1 aromatic heterocycles. The van der Waals surface area contributed by atoms with Crippen LogP contribution in [0, 0.1) is 10.6 Å². The van der Waals surface area contributed by atoms with E-state index in [9.17, 15) is 4.79 Å². The van der Waals surface area contributed by atoms with Gasteiger partial charge in [0, 0.05) is 25.5 Å². The number of pyridine rings is 1. The van der Waals surface area contributed by atoms with E-state index in [1.165, 1.54) is 0 Å². The fraction of sp³-hybridized carbons (Fsp3) is 0.538. The minimum absolute atomic E-state index is 0.101. The zero-order valence-corrected chi connectivity index (χ0v) is 11.3. The predicted octanol–water partition coefficient (Wildman–Crippen LogP) is 2.29. The second-order valence-corrected chi connectivity index (χ2v) is 5.03. The van der Waals surface area contributed by atoms with Crippen molar-refractivity contribution in [2.45, 2.75) is 25.8 Å². The standard InChI is InChI=1S/C13H18N2O2S/c1-9(10-4-7-17-8-5-10)15-12(16)11-3-2-6-14-13(11)18/h2-3,6,9-10H,4-5,7-8H2,1H3,(H,14,18)(H,15,16)/t9-/m1/s1. The zero-order valence-electron chi connectivity index (χ0n) is 10.4. The number of aromatic nitrogens is 1. The summed E-state index contributed by atoms with van der Waals surface area (Å²) < 4.78 is 5.80. The van der Waals surface area contributed by atoms with E-state index in [-0.39, 0.29) is 11.9 Å². The highest BCUT2D eigenvalue weighted by Gasteiger charge is 2.22. The maximum absolute atomic E-state index is 12.1. The van der Waals surface area contributed by atoms with E-state index in [1.54, 1.807) is 18.3 Å². The summed E-state index contributed by atoms with van der Waals surface area (Å²) in [5, 5.41) is 3.03. The van der Waals surface area contributed by atoms with Crippen LogP contribution in [0.3, 0.4) is 0 Å². The molecule has 0 bridgehead atoms. The number of hydrogen-bond donors (Lipinski definition) is 2. The summed E-state index contributed by atoms with van der Waals surface area (Å²) in [5.74, 6) is 0.389. The zero-order chi connectivity index (χ0) is 13.0. The van der Waals surface area contributed by atoms with Gasteiger partial charge in [-0.1, -0.05) is 12.2 Å². The van der Waals surface area contributed by atoms with Crippen molar-refractivity contribution in [3.05, 3.63) is 28.5 Å². The third-order valence-electron chi connectivity index (χ3n) is 3.39. The average Bonchev–Trinajstić information content (AvgIpc) is 2.40. The molecule has 1 aliphatic heterocycles. The van der Waals surface area contributed by atoms with Crippen LogP contribution in [0.5, 0.6) is 0 Å². The van der Waals surface area contributed by atoms with Crippen molar-refractivity contribution in [1.82, 2.24) is 10.3 Å². The lowest BCUT2D eigenvalue weighted by atomic mass is 9.93. The summed E-state index contributed by atoms with van der Waals surface area (Å²) in [6.45, 7) is 3.62. The Bertz CT molecular complexity index is 466. The molecule has 1 aromatic rings. The van der Waals surface area contributed by atoms with Crippen LogP contribution in [0.15, 0.2) is 18.3 Å². The van der Waals surface area contributed by atoms with Crippen LogP contribution in [-0.2, 0) is 4.74 Å². The van der Waals surface area contributed by atoms with Gasteiger partial charge in [-0.15, -0.1) is 0 Å². The maximum atomic E-state index is 12.1. The number of amides is 1. The molecule has 5 heteroatoms. The Balaban J connectivity index is 1.98. The summed E-state index contributed by atoms with van der Waals surface area (Å²) in [6.07, 6.45) is 3.73. The number of aromatic amines is 1. The molecule has 18 heavy (non-hydrogen) atoms. The summed E-state index contributed by atoms with van der Waals surface area (Å²) in [5.41, 5.74) is 0.534. The smallest absolute Gasteiger partial charge is 0.254 e. The summed E-state index contributed by atoms with van der Waals surface area (Å²) in [7, 11) is 0. The van der Waals surface area contributed by atoms with E-state index < -0.39 is 0 Å². The average molecular weight is 266 g/mol. The SMILES string of the molecule is C[C@@H](NC(=O)c1ccc[nH]c1=S)C1CCOCC1. The van der Waals surface area contributed by atoms with Gasteiger partial charge < -0.3 is 15.0 Å². The first-order valence-electron chi connectivity index (χ1n) is 6.25. The molecular weight excluding hydrogens is 248 g/mol. The Kier molecular flexibility index (Phi) is 4.49. The van der Waals surface area contributed by atoms with Crippen molar-refractivity contribution in [1.29, 1.82) is 0 Å². The fourth-order valence-electron chi connectivity index (χ4n) is 2.22. The minimum atomic E-state index is -0.101. The third kappa shape index (κ3) is 3.17. The van der Waals surface area contributed by atoms with Crippen molar-refractivity contribution < 1.29 is 9.53 Å². The molecule has 0 aromatic carbocycles. The van der Waals surface area contributed by atoms with Gasteiger partial charge in [0.2, 0.25) is 0 Å². The lowest BCUT2D eigenvalue weighted by Gasteiger charge is -2.28. The topological polar surface area (TPSA) is 54.1 Å². The number of carbonyl (C=O) groups excluding carboxylic acids is 1. The first-order valence-corrected chi connectivity index (χ1v) is 6.65. The number of nitrogens with one attached hydrogen (secondary N) is 2. The van der Waals surface area contributed by atoms with Crippen molar-refractivity contribution in [3.63, 3.8) is 0 Å². The summed E-state index contributed by atoms with van der Waals surface area (Å²) >= 11 is 5.10. The van der Waals surface area contributed by atoms with E-state index in [0.29, 0.717) is 16.1 Å². The van der Waals surface area contributed by atoms with Gasteiger partial charge in [-0.05, 0) is 37.8 Å². The second-order valence-electron chi connectivity index (χ2n) is 4.62. The van der Waals surface area contributed by atoms with Crippen LogP contribution in [0.25, 0.3) is 0 Å². The van der Waals surface area contributed by atoms with Crippen LogP contribution < -0.4 is 5.32 Å². The number of carbonyl (C=O) groups is 1. The van der Waals surface area contributed by atoms with Gasteiger partial charge in [-0.2, -0.15) is 0 Å². The normalized spacial score (nSPS) is 18.3. The van der Waals surface area contributed by atoms with Gasteiger partial charge in [0.15, 0.2) is 0 Å². The Morgan fingerprint density at radius 3 is 2.94 bits per heavy atom. The maximum Gasteiger partial charge on any atom is 0.254 e. The van der Waals surface area contributed by atoms with Gasteiger partial charge in [0.25, 0.3) is 5.91 Å². The van der Waals surface area contributed by atoms with Crippen molar-refractivity contribution in [3.8, 4) is 0 Å². The molecule has 1 amide bonds. The molecule has 0 unspecified atom stereocenters. The molecule has 4 nitrogen and oxygen atoms in total. The number of hydrogen-bond acceptors (Lipinski definition) is 3. The highest BCUT2D eigenvalue weighted by atomic mass is 32.1. The van der Waals surface area contributed by atoms with E-state index >= 15 is 0 Å². The first kappa shape index (κ1) is 13.2. The number of H-pyrrole nitrogens is 1. The monoisotopic (exact) mass is 266 g/mol. The van der Waals surface area contributed by atoms with Gasteiger partial charge in [0.1, 0.15) is 4.64 Å². The predicted molar refractivity (Wildman–Crippen MR) is 72.1 cm³/mol. The summed E-state index contributed by atoms with van der Waals surface area (Å²) in [4.78, 5) is 15.0. The molecule has 2 N–H and O–H groups in total. The van der Waals surface area contributed by atoms with Gasteiger partial charge in [0.05, 0.1) is 5.56 Å². The van der Waals surface area contributed by atoms with Crippen LogP contribution in [0.1, 0.15) is 30.1 Å². The Morgan fingerprint density at radius 1 is 1.56 bits per heavy atom. The van der Waals surface area contributed by atoms with Crippen LogP contribution in [0.4, 0.5) is 0 Å². The second kappa shape index (κ2) is 6.11. The van der Waals surface area contributed by atoms with Gasteiger partial charge >= 0.3 is 0 Å². The number of rotatable bonds is 3. The van der Waals surface area contributed by atoms with E-state index in [0.717, 1.165) is 26.1 Å². The first-order chi connectivity index (χ1) is 8.68. The van der Waals surface area contributed by atoms with Crippen molar-refractivity contribution in [2.24, 2.45) is 5.92 Å². The largest absolute Gasteiger partial charge is 0.381 e. The Morgan fingerprint density at radius 2 is 2.28 bits per heavy atom. The number of ether oxygens (including phenoxy) is 1. The molecule has 0 spiro atoms. The molecule has 1 aliphatic rings. The highest BCUT2D eigenvalue weighted by molar-refractivity contribution is 7.71. The van der Waals surface area contributed by atoms with Crippen LogP contribution in [-0.4, -0.2) is 30.1 Å². The Hall–Kier alpha value is -1.20. The molecule has 0 aliphatic carbocycles. The van der Waals surface area contributed by atoms with Crippen molar-refractivity contribution >= 4 is 18.1 Å². The third-order valence-corrected chi connectivity index (χ3v) is 3.73. The Labute approximate surface area is 112 Å². The lowest BCUT2D eigenvalue weighted by Crippen LogP contribution is -2.40. The van der Waals surface area contributed by atoms with E-state index in [2.05, 4.69) is 10.3 Å². The molecule has 1 atom stereocenters. The molecular formula is C13H18N2O2S. The summed E-state index contributed by atoms with van der Waals surface area (Å²) in [6, 6.07) is 3.67. The fourth-order valence-corrected chi connectivity index (χ4v) is 2.45. The quantitative estimate of drug-likeness (QED) is 0.825. The van der Waals surface area contributed by atoms with Crippen molar-refractivity contribution in [2.75, 3.05) is 13.2 Å². The minimum Gasteiger partial charge on any atom is -0.381 e. The molecule has 98 valence electrons. The van der Waals surface area contributed by atoms with Gasteiger partial charge in [-0.25, -0.2) is 0 Å². The van der Waals surface area contributed by atoms with Gasteiger partial charge in [-0.3, -0.25) is 4.79 Å². The van der Waals surface area contributed by atoms with E-state index in [4.69, 9.17) is 17.0 Å². The molecule has 1 fully saturated rings. The van der Waals surface area contributed by atoms with Crippen LogP contribution in [0.2, 0.25) is 0 Å². The van der Waals surface area contributed by atoms with Crippen LogP contribution >= 0.6 is 12.2 Å². The molecule has 0 saturated carbocycles. The van der Waals surface area contributed by atoms with E-state index in [1.807, 2.05) is 6.92 Å². The molecule has 1 saturated heterocycles. The molecule has 0 radical (unpaired) electrons. The molecule has 2 heterocycles. The lowest BCUT2D eigenvalue weighted by molar-refractivity contribution is 0.0538. The highest BCUT2D eigenvalue weighted by Crippen LogP contribution is 2.18.